The molecule has 0 aliphatic heterocycles. The Balaban J connectivity index is 2.59. The Kier molecular flexibility index (Phi) is 3.27. The van der Waals surface area contributed by atoms with Gasteiger partial charge in [0.25, 0.3) is 0 Å². The number of nitriles is 1. The van der Waals surface area contributed by atoms with Crippen molar-refractivity contribution in [2.24, 2.45) is 0 Å². The van der Waals surface area contributed by atoms with Crippen LogP contribution < -0.4 is 4.74 Å². The lowest BCUT2D eigenvalue weighted by Crippen LogP contribution is -1.89. The number of nitrogens with zero attached hydrogens (tertiary/aromatic N) is 2. The van der Waals surface area contributed by atoms with Crippen molar-refractivity contribution >= 4 is 11.6 Å². The third-order valence-electron chi connectivity index (χ3n) is 2.34. The fourth-order valence-corrected chi connectivity index (χ4v) is 1.73. The summed E-state index contributed by atoms with van der Waals surface area (Å²) in [6, 6.07) is 9.14. The quantitative estimate of drug-likeness (QED) is 0.814. The van der Waals surface area contributed by atoms with Crippen LogP contribution in [-0.2, 0) is 0 Å². The zero-order valence-electron chi connectivity index (χ0n) is 9.14. The summed E-state index contributed by atoms with van der Waals surface area (Å²) in [7, 11) is 1.59. The number of hydrogen-bond donors (Lipinski definition) is 0. The monoisotopic (exact) mass is 244 g/mol. The lowest BCUT2D eigenvalue weighted by molar-refractivity contribution is 0.416. The van der Waals surface area contributed by atoms with Crippen molar-refractivity contribution < 1.29 is 4.74 Å². The van der Waals surface area contributed by atoms with Crippen molar-refractivity contribution in [3.8, 4) is 22.9 Å². The average molecular weight is 245 g/mol. The topological polar surface area (TPSA) is 45.9 Å². The number of benzene rings is 1. The predicted molar refractivity (Wildman–Crippen MR) is 66.0 cm³/mol. The number of methoxy groups -OCH3 is 1. The normalized spacial score (nSPS) is 9.71. The van der Waals surface area contributed by atoms with Crippen LogP contribution in [0.15, 0.2) is 36.7 Å². The van der Waals surface area contributed by atoms with Crippen LogP contribution in [0.2, 0.25) is 5.02 Å². The Bertz CT molecular complexity index is 590. The van der Waals surface area contributed by atoms with Crippen molar-refractivity contribution in [1.29, 1.82) is 5.26 Å². The van der Waals surface area contributed by atoms with Gasteiger partial charge in [0.15, 0.2) is 0 Å². The highest BCUT2D eigenvalue weighted by Crippen LogP contribution is 2.32. The van der Waals surface area contributed by atoms with Gasteiger partial charge in [-0.05, 0) is 24.3 Å². The van der Waals surface area contributed by atoms with E-state index in [1.807, 2.05) is 0 Å². The van der Waals surface area contributed by atoms with Gasteiger partial charge in [0.05, 0.1) is 12.7 Å². The molecule has 0 spiro atoms. The molecule has 1 heterocycles. The number of rotatable bonds is 2. The van der Waals surface area contributed by atoms with E-state index in [1.165, 1.54) is 6.20 Å². The summed E-state index contributed by atoms with van der Waals surface area (Å²) in [5.74, 6) is 0.700. The first-order chi connectivity index (χ1) is 8.24. The lowest BCUT2D eigenvalue weighted by atomic mass is 10.1. The summed E-state index contributed by atoms with van der Waals surface area (Å²) in [6.07, 6.45) is 3.19. The molecule has 0 saturated carbocycles. The van der Waals surface area contributed by atoms with Crippen LogP contribution in [0.3, 0.4) is 0 Å². The first-order valence-corrected chi connectivity index (χ1v) is 5.31. The fourth-order valence-electron chi connectivity index (χ4n) is 1.55. The summed E-state index contributed by atoms with van der Waals surface area (Å²) in [5.41, 5.74) is 2.14. The van der Waals surface area contributed by atoms with Crippen LogP contribution in [0.1, 0.15) is 5.56 Å². The first-order valence-electron chi connectivity index (χ1n) is 4.93. The van der Waals surface area contributed by atoms with Gasteiger partial charge in [-0.15, -0.1) is 0 Å². The largest absolute Gasteiger partial charge is 0.496 e. The smallest absolute Gasteiger partial charge is 0.126 e. The van der Waals surface area contributed by atoms with Crippen LogP contribution in [0.4, 0.5) is 0 Å². The number of ether oxygens (including phenoxy) is 1. The summed E-state index contributed by atoms with van der Waals surface area (Å²) in [4.78, 5) is 4.02. The maximum absolute atomic E-state index is 8.84. The minimum Gasteiger partial charge on any atom is -0.496 e. The molecule has 0 radical (unpaired) electrons. The van der Waals surface area contributed by atoms with Crippen molar-refractivity contribution in [3.05, 3.63) is 47.2 Å². The molecule has 4 heteroatoms. The Morgan fingerprint density at radius 2 is 2.12 bits per heavy atom. The number of pyridine rings is 1. The van der Waals surface area contributed by atoms with E-state index in [-0.39, 0.29) is 0 Å². The van der Waals surface area contributed by atoms with Gasteiger partial charge in [-0.2, -0.15) is 5.26 Å². The second-order valence-corrected chi connectivity index (χ2v) is 3.86. The Labute approximate surface area is 104 Å². The van der Waals surface area contributed by atoms with Crippen molar-refractivity contribution in [2.45, 2.75) is 0 Å². The molecule has 2 rings (SSSR count). The molecule has 0 amide bonds. The summed E-state index contributed by atoms with van der Waals surface area (Å²) < 4.78 is 5.26. The molecule has 0 unspecified atom stereocenters. The third-order valence-corrected chi connectivity index (χ3v) is 2.57. The van der Waals surface area contributed by atoms with E-state index < -0.39 is 0 Å². The molecule has 1 aromatic carbocycles. The average Bonchev–Trinajstić information content (AvgIpc) is 2.39. The molecule has 0 fully saturated rings. The number of halogens is 1. The van der Waals surface area contributed by atoms with E-state index >= 15 is 0 Å². The molecule has 0 saturated heterocycles. The van der Waals surface area contributed by atoms with Gasteiger partial charge in [-0.1, -0.05) is 11.6 Å². The number of hydrogen-bond acceptors (Lipinski definition) is 3. The molecular weight excluding hydrogens is 236 g/mol. The second kappa shape index (κ2) is 4.86. The SMILES string of the molecule is COc1ccc(Cl)cc1-c1cncc(C#N)c1. The van der Waals surface area contributed by atoms with E-state index in [0.717, 1.165) is 11.1 Å². The minimum absolute atomic E-state index is 0.504. The molecule has 0 atom stereocenters. The van der Waals surface area contributed by atoms with Crippen LogP contribution in [-0.4, -0.2) is 12.1 Å². The second-order valence-electron chi connectivity index (χ2n) is 3.42. The zero-order valence-corrected chi connectivity index (χ0v) is 9.90. The molecule has 0 bridgehead atoms. The Hall–Kier alpha value is -2.05. The van der Waals surface area contributed by atoms with Gasteiger partial charge in [-0.3, -0.25) is 4.98 Å². The van der Waals surface area contributed by atoms with Gasteiger partial charge >= 0.3 is 0 Å². The summed E-state index contributed by atoms with van der Waals surface area (Å²) in [5, 5.41) is 9.46. The van der Waals surface area contributed by atoms with E-state index in [0.29, 0.717) is 16.3 Å². The van der Waals surface area contributed by atoms with Crippen molar-refractivity contribution in [1.82, 2.24) is 4.98 Å². The summed E-state index contributed by atoms with van der Waals surface area (Å²) in [6.45, 7) is 0. The Morgan fingerprint density at radius 1 is 1.29 bits per heavy atom. The van der Waals surface area contributed by atoms with Crippen LogP contribution >= 0.6 is 11.6 Å². The minimum atomic E-state index is 0.504. The molecule has 2 aromatic rings. The number of aromatic nitrogens is 1. The van der Waals surface area contributed by atoms with E-state index in [2.05, 4.69) is 11.1 Å². The fraction of sp³-hybridized carbons (Fsp3) is 0.0769. The lowest BCUT2D eigenvalue weighted by Gasteiger charge is -2.08. The highest BCUT2D eigenvalue weighted by molar-refractivity contribution is 6.31. The van der Waals surface area contributed by atoms with Crippen LogP contribution in [0.5, 0.6) is 5.75 Å². The van der Waals surface area contributed by atoms with Crippen molar-refractivity contribution in [2.75, 3.05) is 7.11 Å². The van der Waals surface area contributed by atoms with Crippen LogP contribution in [0, 0.1) is 11.3 Å². The predicted octanol–water partition coefficient (Wildman–Crippen LogP) is 3.28. The molecular formula is C13H9ClN2O. The molecule has 84 valence electrons. The zero-order chi connectivity index (χ0) is 12.3. The van der Waals surface area contributed by atoms with E-state index in [4.69, 9.17) is 21.6 Å². The molecule has 0 aliphatic rings. The summed E-state index contributed by atoms with van der Waals surface area (Å²) >= 11 is 5.96. The van der Waals surface area contributed by atoms with E-state index in [9.17, 15) is 0 Å². The third kappa shape index (κ3) is 2.38. The highest BCUT2D eigenvalue weighted by Gasteiger charge is 2.07. The highest BCUT2D eigenvalue weighted by atomic mass is 35.5. The van der Waals surface area contributed by atoms with Gasteiger partial charge in [-0.25, -0.2) is 0 Å². The van der Waals surface area contributed by atoms with Gasteiger partial charge in [0.2, 0.25) is 0 Å². The molecule has 0 N–H and O–H groups in total. The maximum Gasteiger partial charge on any atom is 0.126 e. The molecule has 0 aliphatic carbocycles. The van der Waals surface area contributed by atoms with Gasteiger partial charge < -0.3 is 4.74 Å². The molecule has 17 heavy (non-hydrogen) atoms. The molecule has 1 aromatic heterocycles. The van der Waals surface area contributed by atoms with E-state index in [1.54, 1.807) is 37.6 Å². The van der Waals surface area contributed by atoms with Gasteiger partial charge in [0.1, 0.15) is 11.8 Å². The standard InChI is InChI=1S/C13H9ClN2O/c1-17-13-3-2-11(14)5-12(13)10-4-9(6-15)7-16-8-10/h2-5,7-8H,1H3. The molecule has 3 nitrogen and oxygen atoms in total. The first kappa shape index (κ1) is 11.4. The van der Waals surface area contributed by atoms with Crippen molar-refractivity contribution in [3.63, 3.8) is 0 Å². The van der Waals surface area contributed by atoms with Gasteiger partial charge in [0, 0.05) is 28.5 Å². The Morgan fingerprint density at radius 3 is 2.82 bits per heavy atom. The van der Waals surface area contributed by atoms with Crippen LogP contribution in [0.25, 0.3) is 11.1 Å². The maximum atomic E-state index is 8.84.